The van der Waals surface area contributed by atoms with E-state index < -0.39 is 70.5 Å². The van der Waals surface area contributed by atoms with Gasteiger partial charge in [-0.05, 0) is 61.7 Å². The molecule has 43 heavy (non-hydrogen) atoms. The number of carbonyl (C=O) groups excluding carboxylic acids is 6. The van der Waals surface area contributed by atoms with Gasteiger partial charge in [0.15, 0.2) is 0 Å². The normalized spacial score (nSPS) is 24.0. The van der Waals surface area contributed by atoms with Gasteiger partial charge in [0.1, 0.15) is 18.1 Å². The molecule has 2 saturated carbocycles. The molecule has 1 saturated heterocycles. The monoisotopic (exact) mass is 605 g/mol. The quantitative estimate of drug-likeness (QED) is 0.206. The minimum atomic E-state index is -1.10. The molecule has 3 aliphatic rings. The van der Waals surface area contributed by atoms with Gasteiger partial charge in [-0.1, -0.05) is 60.8 Å². The van der Waals surface area contributed by atoms with Gasteiger partial charge in [0.05, 0.1) is 12.1 Å². The largest absolute Gasteiger partial charge is 0.461 e. The Kier molecular flexibility index (Phi) is 10.5. The van der Waals surface area contributed by atoms with Crippen molar-refractivity contribution < 1.29 is 33.5 Å². The third-order valence-electron chi connectivity index (χ3n) is 8.99. The van der Waals surface area contributed by atoms with Crippen LogP contribution in [-0.2, 0) is 28.7 Å². The fourth-order valence-corrected chi connectivity index (χ4v) is 6.17. The Balaban J connectivity index is 1.80. The van der Waals surface area contributed by atoms with E-state index in [2.05, 4.69) is 16.0 Å². The number of likely N-dealkylation sites (tertiary alicyclic amines) is 1. The standard InChI is InChI=1S/C31H51N5O7/c1-16(2)43-28(41)24(31(6,7)8)35-29(42)34-23(30(3,4)5)27(40)36-15-18-12-13-19(18)21(36)26(39)33-20(22(37)25(32)38)14-17-10-9-11-17/h16-21,23-24H,9-15H2,1-8H3,(H2,32,38)(H,33,39)(H2,34,35,42)/t18-,19-,20?,21-,23+,24-/m0/s1. The van der Waals surface area contributed by atoms with Gasteiger partial charge < -0.3 is 31.3 Å². The molecule has 3 fully saturated rings. The predicted octanol–water partition coefficient (Wildman–Crippen LogP) is 2.03. The maximum Gasteiger partial charge on any atom is 0.329 e. The highest BCUT2D eigenvalue weighted by atomic mass is 16.5. The molecule has 0 aromatic heterocycles. The second-order valence-electron chi connectivity index (χ2n) is 15.0. The number of ether oxygens (including phenoxy) is 1. The molecule has 1 heterocycles. The molecule has 2 aliphatic carbocycles. The van der Waals surface area contributed by atoms with Crippen LogP contribution >= 0.6 is 0 Å². The maximum atomic E-state index is 14.2. The number of nitrogens with two attached hydrogens (primary N) is 1. The zero-order valence-electron chi connectivity index (χ0n) is 27.0. The molecule has 3 rings (SSSR count). The van der Waals surface area contributed by atoms with Gasteiger partial charge in [-0.3, -0.25) is 19.2 Å². The molecule has 242 valence electrons. The molecule has 1 unspecified atom stereocenters. The lowest BCUT2D eigenvalue weighted by molar-refractivity contribution is -0.152. The van der Waals surface area contributed by atoms with Gasteiger partial charge in [0.2, 0.25) is 17.6 Å². The van der Waals surface area contributed by atoms with Crippen molar-refractivity contribution in [1.82, 2.24) is 20.9 Å². The minimum Gasteiger partial charge on any atom is -0.461 e. The number of Topliss-reactive ketones (excluding diaryl/α,β-unsaturated/α-hetero) is 1. The summed E-state index contributed by atoms with van der Waals surface area (Å²) in [5.41, 5.74) is 3.88. The van der Waals surface area contributed by atoms with Crippen molar-refractivity contribution in [2.45, 2.75) is 124 Å². The molecule has 0 aromatic carbocycles. The van der Waals surface area contributed by atoms with Crippen molar-refractivity contribution in [3.05, 3.63) is 0 Å². The van der Waals surface area contributed by atoms with Gasteiger partial charge in [0, 0.05) is 6.54 Å². The van der Waals surface area contributed by atoms with Crippen molar-refractivity contribution in [2.75, 3.05) is 6.54 Å². The van der Waals surface area contributed by atoms with Crippen LogP contribution in [0.2, 0.25) is 0 Å². The number of primary amides is 1. The first kappa shape index (κ1) is 34.3. The Labute approximate surface area is 255 Å². The molecule has 6 atom stereocenters. The summed E-state index contributed by atoms with van der Waals surface area (Å²) in [5.74, 6) is -3.15. The van der Waals surface area contributed by atoms with Crippen molar-refractivity contribution >= 4 is 35.5 Å². The Morgan fingerprint density at radius 2 is 1.44 bits per heavy atom. The second-order valence-corrected chi connectivity index (χ2v) is 15.0. The van der Waals surface area contributed by atoms with Crippen LogP contribution in [0, 0.1) is 28.6 Å². The number of nitrogens with zero attached hydrogens (tertiary/aromatic N) is 1. The Bertz CT molecular complexity index is 1100. The zero-order valence-corrected chi connectivity index (χ0v) is 27.0. The number of fused-ring (bicyclic) bond motifs is 1. The highest BCUT2D eigenvalue weighted by molar-refractivity contribution is 6.37. The van der Waals surface area contributed by atoms with E-state index in [4.69, 9.17) is 10.5 Å². The number of rotatable bonds is 11. The Morgan fingerprint density at radius 1 is 0.860 bits per heavy atom. The average molecular weight is 606 g/mol. The molecule has 5 N–H and O–H groups in total. The summed E-state index contributed by atoms with van der Waals surface area (Å²) in [4.78, 5) is 79.8. The molecule has 0 radical (unpaired) electrons. The van der Waals surface area contributed by atoms with Gasteiger partial charge >= 0.3 is 12.0 Å². The summed E-state index contributed by atoms with van der Waals surface area (Å²) in [6.07, 6.45) is 4.46. The first-order chi connectivity index (χ1) is 19.8. The molecular weight excluding hydrogens is 554 g/mol. The zero-order chi connectivity index (χ0) is 32.4. The van der Waals surface area contributed by atoms with Gasteiger partial charge in [-0.2, -0.15) is 0 Å². The third-order valence-corrected chi connectivity index (χ3v) is 8.99. The van der Waals surface area contributed by atoms with E-state index in [1.165, 1.54) is 4.90 Å². The molecule has 12 nitrogen and oxygen atoms in total. The van der Waals surface area contributed by atoms with E-state index in [-0.39, 0.29) is 23.9 Å². The summed E-state index contributed by atoms with van der Waals surface area (Å²) in [6, 6.07) is -4.57. The molecule has 12 heteroatoms. The number of nitrogens with one attached hydrogen (secondary N) is 3. The third kappa shape index (κ3) is 8.26. The summed E-state index contributed by atoms with van der Waals surface area (Å²) in [5, 5.41) is 8.23. The highest BCUT2D eigenvalue weighted by Crippen LogP contribution is 2.45. The smallest absolute Gasteiger partial charge is 0.329 e. The molecule has 0 spiro atoms. The molecule has 1 aliphatic heterocycles. The fourth-order valence-electron chi connectivity index (χ4n) is 6.17. The van der Waals surface area contributed by atoms with Crippen molar-refractivity contribution in [2.24, 2.45) is 34.3 Å². The minimum absolute atomic E-state index is 0.0810. The topological polar surface area (TPSA) is 177 Å². The summed E-state index contributed by atoms with van der Waals surface area (Å²) in [6.45, 7) is 14.6. The first-order valence-corrected chi connectivity index (χ1v) is 15.5. The SMILES string of the molecule is CC(C)OC(=O)[C@H](NC(=O)N[C@H](C(=O)N1C[C@@H]2CC[C@@H]2[C@H]1C(=O)NC(CC1CCC1)C(=O)C(N)=O)C(C)(C)C)C(C)(C)C. The predicted molar refractivity (Wildman–Crippen MR) is 159 cm³/mol. The second kappa shape index (κ2) is 13.2. The number of carbonyl (C=O) groups is 6. The van der Waals surface area contributed by atoms with E-state index in [0.717, 1.165) is 32.1 Å². The fraction of sp³-hybridized carbons (Fsp3) is 0.806. The lowest BCUT2D eigenvalue weighted by atomic mass is 9.72. The summed E-state index contributed by atoms with van der Waals surface area (Å²) >= 11 is 0. The number of esters is 1. The number of urea groups is 1. The van der Waals surface area contributed by atoms with Crippen LogP contribution in [0.15, 0.2) is 0 Å². The van der Waals surface area contributed by atoms with Crippen molar-refractivity contribution in [3.63, 3.8) is 0 Å². The molecular formula is C31H51N5O7. The number of ketones is 1. The van der Waals surface area contributed by atoms with Gasteiger partial charge in [0.25, 0.3) is 5.91 Å². The van der Waals surface area contributed by atoms with E-state index in [1.807, 2.05) is 20.8 Å². The average Bonchev–Trinajstić information content (AvgIpc) is 3.09. The van der Waals surface area contributed by atoms with E-state index >= 15 is 0 Å². The lowest BCUT2D eigenvalue weighted by Crippen LogP contribution is -2.62. The summed E-state index contributed by atoms with van der Waals surface area (Å²) in [7, 11) is 0. The molecule has 0 aromatic rings. The molecule has 5 amide bonds. The lowest BCUT2D eigenvalue weighted by Gasteiger charge is -2.38. The van der Waals surface area contributed by atoms with Crippen molar-refractivity contribution in [1.29, 1.82) is 0 Å². The Morgan fingerprint density at radius 3 is 1.88 bits per heavy atom. The van der Waals surface area contributed by atoms with E-state index in [0.29, 0.717) is 13.0 Å². The first-order valence-electron chi connectivity index (χ1n) is 15.5. The molecule has 0 bridgehead atoms. The number of hydrogen-bond donors (Lipinski definition) is 4. The van der Waals surface area contributed by atoms with Gasteiger partial charge in [-0.25, -0.2) is 9.59 Å². The van der Waals surface area contributed by atoms with Crippen LogP contribution in [0.3, 0.4) is 0 Å². The summed E-state index contributed by atoms with van der Waals surface area (Å²) < 4.78 is 5.36. The number of amides is 5. The van der Waals surface area contributed by atoms with E-state index in [1.54, 1.807) is 34.6 Å². The van der Waals surface area contributed by atoms with E-state index in [9.17, 15) is 28.8 Å². The highest BCUT2D eigenvalue weighted by Gasteiger charge is 2.54. The van der Waals surface area contributed by atoms with Crippen LogP contribution in [0.25, 0.3) is 0 Å². The van der Waals surface area contributed by atoms with Crippen LogP contribution in [0.4, 0.5) is 4.79 Å². The van der Waals surface area contributed by atoms with Crippen molar-refractivity contribution in [3.8, 4) is 0 Å². The van der Waals surface area contributed by atoms with Crippen LogP contribution in [0.1, 0.15) is 93.9 Å². The van der Waals surface area contributed by atoms with Crippen LogP contribution in [-0.4, -0.2) is 77.2 Å². The van der Waals surface area contributed by atoms with Crippen LogP contribution < -0.4 is 21.7 Å². The number of hydrogen-bond acceptors (Lipinski definition) is 7. The maximum absolute atomic E-state index is 14.2. The van der Waals surface area contributed by atoms with Gasteiger partial charge in [-0.15, -0.1) is 0 Å². The Hall–Kier alpha value is -3.18. The van der Waals surface area contributed by atoms with Crippen LogP contribution in [0.5, 0.6) is 0 Å².